The molecule has 0 aromatic heterocycles. The Morgan fingerprint density at radius 2 is 2.37 bits per heavy atom. The quantitative estimate of drug-likeness (QED) is 0.848. The highest BCUT2D eigenvalue weighted by atomic mass is 19.1. The summed E-state index contributed by atoms with van der Waals surface area (Å²) >= 11 is 0. The molecule has 0 aliphatic carbocycles. The maximum absolute atomic E-state index is 12.9. The summed E-state index contributed by atoms with van der Waals surface area (Å²) in [5.41, 5.74) is 0.486. The second-order valence-electron chi connectivity index (χ2n) is 4.95. The number of nitrogens with zero attached hydrogens (tertiary/aromatic N) is 1. The lowest BCUT2D eigenvalue weighted by molar-refractivity contribution is -0.116. The molecule has 1 aromatic rings. The first-order valence-corrected chi connectivity index (χ1v) is 6.56. The number of amides is 1. The second-order valence-corrected chi connectivity index (χ2v) is 4.95. The van der Waals surface area contributed by atoms with Crippen LogP contribution < -0.4 is 5.32 Å². The molecule has 1 heterocycles. The van der Waals surface area contributed by atoms with E-state index in [1.165, 1.54) is 12.1 Å². The SMILES string of the molecule is O=C(CCN1CCC(CO)C1)Nc1cccc(F)c1. The lowest BCUT2D eigenvalue weighted by Gasteiger charge is -2.15. The summed E-state index contributed by atoms with van der Waals surface area (Å²) in [5.74, 6) is -0.132. The van der Waals surface area contributed by atoms with Crippen molar-refractivity contribution < 1.29 is 14.3 Å². The number of benzene rings is 1. The summed E-state index contributed by atoms with van der Waals surface area (Å²) in [5, 5.41) is 11.7. The Kier molecular flexibility index (Phi) is 4.87. The number of carbonyl (C=O) groups is 1. The fourth-order valence-electron chi connectivity index (χ4n) is 2.31. The van der Waals surface area contributed by atoms with Crippen molar-refractivity contribution in [2.45, 2.75) is 12.8 Å². The van der Waals surface area contributed by atoms with Crippen LogP contribution in [0.25, 0.3) is 0 Å². The minimum atomic E-state index is -0.358. The maximum atomic E-state index is 12.9. The minimum absolute atomic E-state index is 0.113. The van der Waals surface area contributed by atoms with E-state index in [0.717, 1.165) is 19.5 Å². The van der Waals surface area contributed by atoms with E-state index in [4.69, 9.17) is 5.11 Å². The predicted octanol–water partition coefficient (Wildman–Crippen LogP) is 1.47. The fourth-order valence-corrected chi connectivity index (χ4v) is 2.31. The first kappa shape index (κ1) is 14.0. The van der Waals surface area contributed by atoms with Crippen LogP contribution in [0.1, 0.15) is 12.8 Å². The van der Waals surface area contributed by atoms with Gasteiger partial charge in [-0.15, -0.1) is 0 Å². The number of aliphatic hydroxyl groups is 1. The molecule has 0 bridgehead atoms. The molecule has 4 nitrogen and oxygen atoms in total. The molecule has 1 aromatic carbocycles. The van der Waals surface area contributed by atoms with E-state index >= 15 is 0 Å². The van der Waals surface area contributed by atoms with Crippen molar-refractivity contribution in [2.24, 2.45) is 5.92 Å². The van der Waals surface area contributed by atoms with Crippen molar-refractivity contribution in [2.75, 3.05) is 31.6 Å². The number of aliphatic hydroxyl groups excluding tert-OH is 1. The van der Waals surface area contributed by atoms with Gasteiger partial charge in [0.25, 0.3) is 0 Å². The number of nitrogens with one attached hydrogen (secondary N) is 1. The molecule has 1 aliphatic rings. The molecule has 2 N–H and O–H groups in total. The molecule has 1 fully saturated rings. The maximum Gasteiger partial charge on any atom is 0.225 e. The van der Waals surface area contributed by atoms with Crippen LogP contribution in [0.2, 0.25) is 0 Å². The summed E-state index contributed by atoms with van der Waals surface area (Å²) in [6, 6.07) is 5.88. The number of hydrogen-bond donors (Lipinski definition) is 2. The van der Waals surface area contributed by atoms with Crippen LogP contribution in [0.15, 0.2) is 24.3 Å². The Morgan fingerprint density at radius 1 is 1.53 bits per heavy atom. The van der Waals surface area contributed by atoms with Gasteiger partial charge in [0.1, 0.15) is 5.82 Å². The number of hydrogen-bond acceptors (Lipinski definition) is 3. The van der Waals surface area contributed by atoms with E-state index in [9.17, 15) is 9.18 Å². The van der Waals surface area contributed by atoms with Gasteiger partial charge in [-0.05, 0) is 37.1 Å². The highest BCUT2D eigenvalue weighted by Gasteiger charge is 2.21. The molecule has 104 valence electrons. The van der Waals surface area contributed by atoms with Crippen molar-refractivity contribution in [3.05, 3.63) is 30.1 Å². The lowest BCUT2D eigenvalue weighted by atomic mass is 10.1. The molecule has 0 saturated carbocycles. The van der Waals surface area contributed by atoms with Gasteiger partial charge in [-0.2, -0.15) is 0 Å². The summed E-state index contributed by atoms with van der Waals surface area (Å²) < 4.78 is 12.9. The van der Waals surface area contributed by atoms with Crippen LogP contribution in [0.5, 0.6) is 0 Å². The normalized spacial score (nSPS) is 19.6. The van der Waals surface area contributed by atoms with Crippen LogP contribution in [0.3, 0.4) is 0 Å². The van der Waals surface area contributed by atoms with E-state index in [1.807, 2.05) is 0 Å². The molecule has 19 heavy (non-hydrogen) atoms. The van der Waals surface area contributed by atoms with Gasteiger partial charge in [0.05, 0.1) is 0 Å². The first-order chi connectivity index (χ1) is 9.17. The summed E-state index contributed by atoms with van der Waals surface area (Å²) in [6.45, 7) is 2.67. The van der Waals surface area contributed by atoms with Crippen molar-refractivity contribution in [3.8, 4) is 0 Å². The Labute approximate surface area is 112 Å². The average Bonchev–Trinajstić information content (AvgIpc) is 2.84. The molecule has 0 spiro atoms. The zero-order chi connectivity index (χ0) is 13.7. The highest BCUT2D eigenvalue weighted by Crippen LogP contribution is 2.15. The van der Waals surface area contributed by atoms with Gasteiger partial charge >= 0.3 is 0 Å². The van der Waals surface area contributed by atoms with Crippen LogP contribution in [-0.2, 0) is 4.79 Å². The van der Waals surface area contributed by atoms with E-state index < -0.39 is 0 Å². The van der Waals surface area contributed by atoms with Crippen molar-refractivity contribution in [1.82, 2.24) is 4.90 Å². The largest absolute Gasteiger partial charge is 0.396 e. The van der Waals surface area contributed by atoms with Crippen molar-refractivity contribution in [1.29, 1.82) is 0 Å². The Bertz CT molecular complexity index is 439. The van der Waals surface area contributed by atoms with E-state index in [0.29, 0.717) is 24.6 Å². The Balaban J connectivity index is 1.73. The third-order valence-corrected chi connectivity index (χ3v) is 3.39. The predicted molar refractivity (Wildman–Crippen MR) is 71.3 cm³/mol. The summed E-state index contributed by atoms with van der Waals surface area (Å²) in [4.78, 5) is 13.9. The molecule has 2 rings (SSSR count). The fraction of sp³-hybridized carbons (Fsp3) is 0.500. The number of likely N-dealkylation sites (tertiary alicyclic amines) is 1. The van der Waals surface area contributed by atoms with E-state index in [-0.39, 0.29) is 18.3 Å². The second kappa shape index (κ2) is 6.63. The number of anilines is 1. The molecule has 1 aliphatic heterocycles. The number of rotatable bonds is 5. The van der Waals surface area contributed by atoms with E-state index in [1.54, 1.807) is 12.1 Å². The molecule has 0 radical (unpaired) electrons. The standard InChI is InChI=1S/C14H19FN2O2/c15-12-2-1-3-13(8-12)16-14(19)5-7-17-6-4-11(9-17)10-18/h1-3,8,11,18H,4-7,9-10H2,(H,16,19). The minimum Gasteiger partial charge on any atom is -0.396 e. The molecule has 5 heteroatoms. The van der Waals surface area contributed by atoms with Gasteiger partial charge in [0, 0.05) is 31.8 Å². The highest BCUT2D eigenvalue weighted by molar-refractivity contribution is 5.90. The van der Waals surface area contributed by atoms with Gasteiger partial charge in [-0.3, -0.25) is 4.79 Å². The smallest absolute Gasteiger partial charge is 0.225 e. The van der Waals surface area contributed by atoms with E-state index in [2.05, 4.69) is 10.2 Å². The number of carbonyl (C=O) groups excluding carboxylic acids is 1. The first-order valence-electron chi connectivity index (χ1n) is 6.56. The molecule has 1 amide bonds. The van der Waals surface area contributed by atoms with Crippen LogP contribution in [0, 0.1) is 11.7 Å². The summed E-state index contributed by atoms with van der Waals surface area (Å²) in [6.07, 6.45) is 1.37. The zero-order valence-corrected chi connectivity index (χ0v) is 10.8. The van der Waals surface area contributed by atoms with Gasteiger partial charge in [-0.25, -0.2) is 4.39 Å². The Morgan fingerprint density at radius 3 is 3.05 bits per heavy atom. The zero-order valence-electron chi connectivity index (χ0n) is 10.8. The van der Waals surface area contributed by atoms with Gasteiger partial charge in [0.15, 0.2) is 0 Å². The molecule has 1 unspecified atom stereocenters. The molecular weight excluding hydrogens is 247 g/mol. The topological polar surface area (TPSA) is 52.6 Å². The monoisotopic (exact) mass is 266 g/mol. The average molecular weight is 266 g/mol. The lowest BCUT2D eigenvalue weighted by Crippen LogP contribution is -2.26. The van der Waals surface area contributed by atoms with Gasteiger partial charge < -0.3 is 15.3 Å². The Hall–Kier alpha value is -1.46. The van der Waals surface area contributed by atoms with Crippen molar-refractivity contribution >= 4 is 11.6 Å². The van der Waals surface area contributed by atoms with Crippen LogP contribution in [-0.4, -0.2) is 42.2 Å². The van der Waals surface area contributed by atoms with Gasteiger partial charge in [0.2, 0.25) is 5.91 Å². The summed E-state index contributed by atoms with van der Waals surface area (Å²) in [7, 11) is 0. The number of halogens is 1. The van der Waals surface area contributed by atoms with Crippen LogP contribution >= 0.6 is 0 Å². The van der Waals surface area contributed by atoms with Crippen LogP contribution in [0.4, 0.5) is 10.1 Å². The van der Waals surface area contributed by atoms with Crippen molar-refractivity contribution in [3.63, 3.8) is 0 Å². The molecular formula is C14H19FN2O2. The van der Waals surface area contributed by atoms with Gasteiger partial charge in [-0.1, -0.05) is 6.07 Å². The molecule has 1 atom stereocenters. The third-order valence-electron chi connectivity index (χ3n) is 3.39. The molecule has 1 saturated heterocycles. The third kappa shape index (κ3) is 4.29.